The van der Waals surface area contributed by atoms with Gasteiger partial charge in [0.1, 0.15) is 0 Å². The fourth-order valence-electron chi connectivity index (χ4n) is 4.06. The Morgan fingerprint density at radius 1 is 1.19 bits per heavy atom. The third-order valence-corrected chi connectivity index (χ3v) is 5.33. The third kappa shape index (κ3) is 2.41. The molecule has 0 fully saturated rings. The second-order valence-electron chi connectivity index (χ2n) is 6.97. The van der Waals surface area contributed by atoms with E-state index in [0.29, 0.717) is 6.54 Å². The Balaban J connectivity index is 1.65. The molecule has 134 valence electrons. The van der Waals surface area contributed by atoms with Gasteiger partial charge < -0.3 is 15.6 Å². The van der Waals surface area contributed by atoms with E-state index in [1.807, 2.05) is 43.8 Å². The molecule has 0 radical (unpaired) electrons. The van der Waals surface area contributed by atoms with E-state index < -0.39 is 6.03 Å². The second-order valence-corrected chi connectivity index (χ2v) is 6.97. The first-order chi connectivity index (χ1) is 13.1. The van der Waals surface area contributed by atoms with Crippen LogP contribution in [-0.2, 0) is 13.6 Å². The summed E-state index contributed by atoms with van der Waals surface area (Å²) in [7, 11) is 1.90. The van der Waals surface area contributed by atoms with Gasteiger partial charge in [0, 0.05) is 48.0 Å². The summed E-state index contributed by atoms with van der Waals surface area (Å²) in [4.78, 5) is 17.2. The molecule has 27 heavy (non-hydrogen) atoms. The molecule has 1 aliphatic rings. The Bertz CT molecular complexity index is 1170. The van der Waals surface area contributed by atoms with Crippen molar-refractivity contribution >= 4 is 16.9 Å². The fraction of sp³-hybridized carbons (Fsp3) is 0.143. The number of hydrogen-bond donors (Lipinski definition) is 2. The Morgan fingerprint density at radius 2 is 2.04 bits per heavy atom. The van der Waals surface area contributed by atoms with Gasteiger partial charge in [0.15, 0.2) is 0 Å². The third-order valence-electron chi connectivity index (χ3n) is 5.33. The number of para-hydroxylation sites is 1. The van der Waals surface area contributed by atoms with Crippen LogP contribution in [0.15, 0.2) is 61.1 Å². The number of carbonyl (C=O) groups is 1. The normalized spacial score (nSPS) is 16.0. The number of nitrogens with two attached hydrogens (primary N) is 1. The zero-order valence-electron chi connectivity index (χ0n) is 14.9. The van der Waals surface area contributed by atoms with Crippen molar-refractivity contribution in [2.45, 2.75) is 12.6 Å². The molecule has 4 aromatic rings. The van der Waals surface area contributed by atoms with E-state index in [-0.39, 0.29) is 6.04 Å². The van der Waals surface area contributed by atoms with Crippen LogP contribution >= 0.6 is 0 Å². The van der Waals surface area contributed by atoms with Crippen LogP contribution in [0, 0.1) is 0 Å². The Kier molecular flexibility index (Phi) is 3.33. The SMILES string of the molecule is Cn1cc(-c2ccc3c(c2)CN(C(N)=O)C3c2c[nH]c3ccccc23)cn1. The number of H-pyrrole nitrogens is 1. The lowest BCUT2D eigenvalue weighted by Crippen LogP contribution is -2.34. The van der Waals surface area contributed by atoms with Crippen molar-refractivity contribution in [3.8, 4) is 11.1 Å². The summed E-state index contributed by atoms with van der Waals surface area (Å²) < 4.78 is 1.78. The standard InChI is InChI=1S/C21H19N5O/c1-25-11-15(9-24-25)13-6-7-16-14(8-13)12-26(21(22)27)20(16)18-10-23-19-5-3-2-4-17(18)19/h2-11,20,23H,12H2,1H3,(H2,22,27). The topological polar surface area (TPSA) is 79.9 Å². The molecule has 6 nitrogen and oxygen atoms in total. The minimum absolute atomic E-state index is 0.184. The van der Waals surface area contributed by atoms with Crippen LogP contribution in [0.4, 0.5) is 4.79 Å². The number of aryl methyl sites for hydroxylation is 1. The summed E-state index contributed by atoms with van der Waals surface area (Å²) in [6, 6.07) is 13.8. The summed E-state index contributed by atoms with van der Waals surface area (Å²) in [5, 5.41) is 5.36. The van der Waals surface area contributed by atoms with Crippen LogP contribution in [0.5, 0.6) is 0 Å². The van der Waals surface area contributed by atoms with E-state index in [1.165, 1.54) is 0 Å². The molecule has 0 bridgehead atoms. The molecule has 0 aliphatic carbocycles. The van der Waals surface area contributed by atoms with Crippen molar-refractivity contribution < 1.29 is 4.79 Å². The highest BCUT2D eigenvalue weighted by molar-refractivity contribution is 5.86. The Morgan fingerprint density at radius 3 is 2.81 bits per heavy atom. The molecule has 1 unspecified atom stereocenters. The molecular formula is C21H19N5O. The van der Waals surface area contributed by atoms with Gasteiger partial charge in [-0.3, -0.25) is 4.68 Å². The molecule has 1 aliphatic heterocycles. The highest BCUT2D eigenvalue weighted by Crippen LogP contribution is 2.42. The number of nitrogens with one attached hydrogen (secondary N) is 1. The van der Waals surface area contributed by atoms with Gasteiger partial charge in [0.2, 0.25) is 0 Å². The highest BCUT2D eigenvalue weighted by atomic mass is 16.2. The lowest BCUT2D eigenvalue weighted by Gasteiger charge is -2.23. The largest absolute Gasteiger partial charge is 0.361 e. The van der Waals surface area contributed by atoms with Crippen LogP contribution < -0.4 is 5.73 Å². The fourth-order valence-corrected chi connectivity index (χ4v) is 4.06. The zero-order chi connectivity index (χ0) is 18.5. The van der Waals surface area contributed by atoms with Gasteiger partial charge in [-0.05, 0) is 28.8 Å². The number of amides is 2. The first kappa shape index (κ1) is 15.7. The number of carbonyl (C=O) groups excluding carboxylic acids is 1. The van der Waals surface area contributed by atoms with E-state index in [2.05, 4.69) is 34.3 Å². The summed E-state index contributed by atoms with van der Waals surface area (Å²) in [5.74, 6) is 0. The maximum absolute atomic E-state index is 12.2. The number of rotatable bonds is 2. The molecule has 3 heterocycles. The maximum atomic E-state index is 12.2. The second kappa shape index (κ2) is 5.74. The molecule has 2 aromatic carbocycles. The number of aromatic amines is 1. The smallest absolute Gasteiger partial charge is 0.315 e. The molecular weight excluding hydrogens is 338 g/mol. The molecule has 0 saturated heterocycles. The molecule has 5 rings (SSSR count). The summed E-state index contributed by atoms with van der Waals surface area (Å²) in [6.07, 6.45) is 5.81. The number of hydrogen-bond acceptors (Lipinski definition) is 2. The summed E-state index contributed by atoms with van der Waals surface area (Å²) in [6.45, 7) is 0.503. The van der Waals surface area contributed by atoms with Gasteiger partial charge in [-0.15, -0.1) is 0 Å². The lowest BCUT2D eigenvalue weighted by atomic mass is 9.95. The van der Waals surface area contributed by atoms with Crippen LogP contribution in [0.25, 0.3) is 22.0 Å². The van der Waals surface area contributed by atoms with Crippen molar-refractivity contribution in [2.24, 2.45) is 12.8 Å². The number of benzene rings is 2. The average Bonchev–Trinajstić information content (AvgIpc) is 3.36. The molecule has 2 aromatic heterocycles. The minimum Gasteiger partial charge on any atom is -0.361 e. The van der Waals surface area contributed by atoms with Crippen LogP contribution in [0.1, 0.15) is 22.7 Å². The van der Waals surface area contributed by atoms with Crippen molar-refractivity contribution in [1.29, 1.82) is 0 Å². The molecule has 6 heteroatoms. The number of fused-ring (bicyclic) bond motifs is 2. The molecule has 1 atom stereocenters. The number of nitrogens with zero attached hydrogens (tertiary/aromatic N) is 3. The molecule has 2 amide bonds. The quantitative estimate of drug-likeness (QED) is 0.575. The molecule has 0 saturated carbocycles. The first-order valence-electron chi connectivity index (χ1n) is 8.86. The lowest BCUT2D eigenvalue weighted by molar-refractivity contribution is 0.199. The van der Waals surface area contributed by atoms with Crippen molar-refractivity contribution in [3.63, 3.8) is 0 Å². The number of urea groups is 1. The molecule has 3 N–H and O–H groups in total. The first-order valence-corrected chi connectivity index (χ1v) is 8.86. The van der Waals surface area contributed by atoms with Crippen LogP contribution in [0.3, 0.4) is 0 Å². The van der Waals surface area contributed by atoms with Crippen LogP contribution in [-0.4, -0.2) is 25.7 Å². The van der Waals surface area contributed by atoms with Crippen molar-refractivity contribution in [3.05, 3.63) is 77.7 Å². The van der Waals surface area contributed by atoms with E-state index >= 15 is 0 Å². The maximum Gasteiger partial charge on any atom is 0.315 e. The predicted molar refractivity (Wildman–Crippen MR) is 104 cm³/mol. The summed E-state index contributed by atoms with van der Waals surface area (Å²) in [5.41, 5.74) is 12.2. The monoisotopic (exact) mass is 357 g/mol. The van der Waals surface area contributed by atoms with E-state index in [1.54, 1.807) is 9.58 Å². The van der Waals surface area contributed by atoms with Crippen LogP contribution in [0.2, 0.25) is 0 Å². The van der Waals surface area contributed by atoms with Gasteiger partial charge in [0.25, 0.3) is 0 Å². The van der Waals surface area contributed by atoms with Crippen molar-refractivity contribution in [1.82, 2.24) is 19.7 Å². The van der Waals surface area contributed by atoms with Crippen molar-refractivity contribution in [2.75, 3.05) is 0 Å². The summed E-state index contributed by atoms with van der Waals surface area (Å²) >= 11 is 0. The average molecular weight is 357 g/mol. The van der Waals surface area contributed by atoms with Gasteiger partial charge in [-0.25, -0.2) is 4.79 Å². The number of primary amides is 1. The highest BCUT2D eigenvalue weighted by Gasteiger charge is 2.35. The molecule has 0 spiro atoms. The number of aromatic nitrogens is 3. The van der Waals surface area contributed by atoms with Gasteiger partial charge in [-0.2, -0.15) is 5.10 Å². The predicted octanol–water partition coefficient (Wildman–Crippen LogP) is 3.55. The Labute approximate surface area is 156 Å². The Hall–Kier alpha value is -3.54. The van der Waals surface area contributed by atoms with Gasteiger partial charge >= 0.3 is 6.03 Å². The van der Waals surface area contributed by atoms with Gasteiger partial charge in [0.05, 0.1) is 12.2 Å². The minimum atomic E-state index is -0.413. The van der Waals surface area contributed by atoms with E-state index in [4.69, 9.17) is 5.73 Å². The van der Waals surface area contributed by atoms with Gasteiger partial charge in [-0.1, -0.05) is 30.3 Å². The van der Waals surface area contributed by atoms with E-state index in [9.17, 15) is 4.79 Å². The zero-order valence-corrected chi connectivity index (χ0v) is 14.9. The van der Waals surface area contributed by atoms with E-state index in [0.717, 1.165) is 38.7 Å².